The molecule has 2 rings (SSSR count). The van der Waals surface area contributed by atoms with Gasteiger partial charge in [0.05, 0.1) is 15.0 Å². The van der Waals surface area contributed by atoms with Gasteiger partial charge in [-0.2, -0.15) is 0 Å². The van der Waals surface area contributed by atoms with E-state index in [2.05, 4.69) is 21.2 Å². The van der Waals surface area contributed by atoms with Crippen LogP contribution in [-0.2, 0) is 6.54 Å². The van der Waals surface area contributed by atoms with Crippen LogP contribution in [0.2, 0.25) is 0 Å². The van der Waals surface area contributed by atoms with Gasteiger partial charge >= 0.3 is 5.97 Å². The van der Waals surface area contributed by atoms with E-state index in [1.807, 2.05) is 0 Å². The van der Waals surface area contributed by atoms with Crippen LogP contribution in [0, 0.1) is 10.1 Å². The maximum atomic E-state index is 10.8. The summed E-state index contributed by atoms with van der Waals surface area (Å²) in [5.74, 6) is -0.974. The van der Waals surface area contributed by atoms with Gasteiger partial charge in [0.25, 0.3) is 5.69 Å². The summed E-state index contributed by atoms with van der Waals surface area (Å²) in [6, 6.07) is 11.2. The normalized spacial score (nSPS) is 10.1. The number of nitrogens with zero attached hydrogens (tertiary/aromatic N) is 1. The molecule has 0 aliphatic carbocycles. The Labute approximate surface area is 128 Å². The van der Waals surface area contributed by atoms with Crippen molar-refractivity contribution in [2.75, 3.05) is 5.32 Å². The van der Waals surface area contributed by atoms with E-state index in [1.165, 1.54) is 18.2 Å². The van der Waals surface area contributed by atoms with Crippen LogP contribution in [0.25, 0.3) is 0 Å². The molecule has 0 amide bonds. The molecule has 0 aliphatic rings. The Bertz CT molecular complexity index is 686. The van der Waals surface area contributed by atoms with E-state index in [0.717, 1.165) is 5.56 Å². The van der Waals surface area contributed by atoms with Crippen LogP contribution in [0.3, 0.4) is 0 Å². The van der Waals surface area contributed by atoms with Crippen LogP contribution in [0.5, 0.6) is 0 Å². The van der Waals surface area contributed by atoms with Gasteiger partial charge in [-0.05, 0) is 45.8 Å². The Kier molecular flexibility index (Phi) is 4.54. The maximum Gasteiger partial charge on any atom is 0.335 e. The summed E-state index contributed by atoms with van der Waals surface area (Å²) >= 11 is 3.12. The fraction of sp³-hybridized carbons (Fsp3) is 0.0714. The minimum atomic E-state index is -0.974. The summed E-state index contributed by atoms with van der Waals surface area (Å²) in [6.07, 6.45) is 0. The third-order valence-corrected chi connectivity index (χ3v) is 3.51. The molecule has 2 aromatic rings. The van der Waals surface area contributed by atoms with Crippen molar-refractivity contribution in [1.82, 2.24) is 0 Å². The molecule has 0 spiro atoms. The Hall–Kier alpha value is -2.41. The lowest BCUT2D eigenvalue weighted by molar-refractivity contribution is -0.385. The highest BCUT2D eigenvalue weighted by molar-refractivity contribution is 9.10. The smallest absolute Gasteiger partial charge is 0.335 e. The zero-order valence-electron chi connectivity index (χ0n) is 10.7. The molecule has 0 aliphatic heterocycles. The zero-order chi connectivity index (χ0) is 15.4. The van der Waals surface area contributed by atoms with Gasteiger partial charge in [-0.15, -0.1) is 0 Å². The lowest BCUT2D eigenvalue weighted by atomic mass is 10.1. The predicted molar refractivity (Wildman–Crippen MR) is 81.5 cm³/mol. The number of rotatable bonds is 5. The van der Waals surface area contributed by atoms with Gasteiger partial charge in [0.15, 0.2) is 0 Å². The average Bonchev–Trinajstić information content (AvgIpc) is 2.46. The average molecular weight is 351 g/mol. The lowest BCUT2D eigenvalue weighted by Gasteiger charge is -2.07. The summed E-state index contributed by atoms with van der Waals surface area (Å²) in [5, 5.41) is 22.7. The Morgan fingerprint density at radius 1 is 1.24 bits per heavy atom. The first-order valence-corrected chi connectivity index (χ1v) is 6.76. The van der Waals surface area contributed by atoms with E-state index in [1.54, 1.807) is 24.3 Å². The monoisotopic (exact) mass is 350 g/mol. The summed E-state index contributed by atoms with van der Waals surface area (Å²) in [5.41, 5.74) is 1.71. The minimum absolute atomic E-state index is 0.0128. The SMILES string of the molecule is O=C(O)c1ccc(CNc2ccc(Br)c([N+](=O)[O-])c2)cc1. The van der Waals surface area contributed by atoms with Gasteiger partial charge in [-0.1, -0.05) is 12.1 Å². The van der Waals surface area contributed by atoms with E-state index in [9.17, 15) is 14.9 Å². The second kappa shape index (κ2) is 6.36. The maximum absolute atomic E-state index is 10.8. The van der Waals surface area contributed by atoms with Crippen LogP contribution in [0.15, 0.2) is 46.9 Å². The number of hydrogen-bond acceptors (Lipinski definition) is 4. The molecule has 21 heavy (non-hydrogen) atoms. The number of nitro benzene ring substituents is 1. The predicted octanol–water partition coefficient (Wildman–Crippen LogP) is 3.67. The topological polar surface area (TPSA) is 92.5 Å². The summed E-state index contributed by atoms with van der Waals surface area (Å²) in [7, 11) is 0. The Morgan fingerprint density at radius 3 is 2.48 bits per heavy atom. The highest BCUT2D eigenvalue weighted by Crippen LogP contribution is 2.28. The third kappa shape index (κ3) is 3.79. The van der Waals surface area contributed by atoms with Crippen molar-refractivity contribution < 1.29 is 14.8 Å². The van der Waals surface area contributed by atoms with Gasteiger partial charge < -0.3 is 10.4 Å². The summed E-state index contributed by atoms with van der Waals surface area (Å²) < 4.78 is 0.420. The molecule has 2 N–H and O–H groups in total. The van der Waals surface area contributed by atoms with E-state index in [-0.39, 0.29) is 11.3 Å². The standard InChI is InChI=1S/C14H11BrN2O4/c15-12-6-5-11(7-13(12)17(20)21)16-8-9-1-3-10(4-2-9)14(18)19/h1-7,16H,8H2,(H,18,19). The summed E-state index contributed by atoms with van der Waals surface area (Å²) in [4.78, 5) is 21.1. The summed E-state index contributed by atoms with van der Waals surface area (Å²) in [6.45, 7) is 0.443. The second-order valence-corrected chi connectivity index (χ2v) is 5.13. The second-order valence-electron chi connectivity index (χ2n) is 4.28. The minimum Gasteiger partial charge on any atom is -0.478 e. The molecule has 0 atom stereocenters. The molecule has 108 valence electrons. The van der Waals surface area contributed by atoms with Gasteiger partial charge in [0, 0.05) is 18.3 Å². The zero-order valence-corrected chi connectivity index (χ0v) is 12.3. The molecule has 0 heterocycles. The highest BCUT2D eigenvalue weighted by Gasteiger charge is 2.12. The number of aromatic carboxylic acids is 1. The molecule has 2 aromatic carbocycles. The van der Waals surface area contributed by atoms with Gasteiger partial charge in [0.1, 0.15) is 0 Å². The molecule has 0 aromatic heterocycles. The fourth-order valence-corrected chi connectivity index (χ4v) is 2.12. The van der Waals surface area contributed by atoms with Crippen LogP contribution >= 0.6 is 15.9 Å². The number of carboxylic acids is 1. The number of halogens is 1. The van der Waals surface area contributed by atoms with Gasteiger partial charge in [0.2, 0.25) is 0 Å². The molecule has 7 heteroatoms. The molecular weight excluding hydrogens is 340 g/mol. The number of carbonyl (C=O) groups is 1. The van der Waals surface area contributed by atoms with Crippen molar-refractivity contribution in [2.24, 2.45) is 0 Å². The first-order chi connectivity index (χ1) is 9.97. The van der Waals surface area contributed by atoms with E-state index >= 15 is 0 Å². The van der Waals surface area contributed by atoms with Crippen molar-refractivity contribution in [3.8, 4) is 0 Å². The number of anilines is 1. The van der Waals surface area contributed by atoms with Gasteiger partial charge in [-0.3, -0.25) is 10.1 Å². The first-order valence-electron chi connectivity index (χ1n) is 5.97. The lowest BCUT2D eigenvalue weighted by Crippen LogP contribution is -2.01. The molecule has 6 nitrogen and oxygen atoms in total. The van der Waals surface area contributed by atoms with Gasteiger partial charge in [-0.25, -0.2) is 4.79 Å². The van der Waals surface area contributed by atoms with E-state index < -0.39 is 10.9 Å². The third-order valence-electron chi connectivity index (χ3n) is 2.84. The molecule has 0 saturated heterocycles. The number of benzene rings is 2. The van der Waals surface area contributed by atoms with Crippen molar-refractivity contribution in [3.05, 3.63) is 68.2 Å². The van der Waals surface area contributed by atoms with Crippen LogP contribution in [0.1, 0.15) is 15.9 Å². The van der Waals surface area contributed by atoms with Crippen molar-refractivity contribution >= 4 is 33.3 Å². The van der Waals surface area contributed by atoms with E-state index in [0.29, 0.717) is 16.7 Å². The highest BCUT2D eigenvalue weighted by atomic mass is 79.9. The van der Waals surface area contributed by atoms with E-state index in [4.69, 9.17) is 5.11 Å². The van der Waals surface area contributed by atoms with Crippen molar-refractivity contribution in [1.29, 1.82) is 0 Å². The first kappa shape index (κ1) is 15.0. The number of nitro groups is 1. The number of hydrogen-bond donors (Lipinski definition) is 2. The molecule has 0 radical (unpaired) electrons. The molecule has 0 bridgehead atoms. The number of carboxylic acid groups (broad SMARTS) is 1. The Morgan fingerprint density at radius 2 is 1.90 bits per heavy atom. The molecular formula is C14H11BrN2O4. The molecule has 0 fully saturated rings. The van der Waals surface area contributed by atoms with Crippen LogP contribution in [-0.4, -0.2) is 16.0 Å². The molecule has 0 unspecified atom stereocenters. The Balaban J connectivity index is 2.07. The van der Waals surface area contributed by atoms with Crippen LogP contribution in [0.4, 0.5) is 11.4 Å². The quantitative estimate of drug-likeness (QED) is 0.633. The van der Waals surface area contributed by atoms with Crippen LogP contribution < -0.4 is 5.32 Å². The largest absolute Gasteiger partial charge is 0.478 e. The fourth-order valence-electron chi connectivity index (χ4n) is 1.73. The van der Waals surface area contributed by atoms with Crippen molar-refractivity contribution in [3.63, 3.8) is 0 Å². The number of nitrogens with one attached hydrogen (secondary N) is 1. The van der Waals surface area contributed by atoms with Crippen molar-refractivity contribution in [2.45, 2.75) is 6.54 Å². The molecule has 0 saturated carbocycles.